The Morgan fingerprint density at radius 2 is 1.96 bits per heavy atom. The molecule has 24 heavy (non-hydrogen) atoms. The predicted molar refractivity (Wildman–Crippen MR) is 78.3 cm³/mol. The molecule has 0 spiro atoms. The highest BCUT2D eigenvalue weighted by Crippen LogP contribution is 2.29. The average molecular weight is 345 g/mol. The maximum atomic E-state index is 12.5. The fourth-order valence-corrected chi connectivity index (χ4v) is 2.52. The zero-order valence-corrected chi connectivity index (χ0v) is 13.0. The van der Waals surface area contributed by atoms with Crippen LogP contribution in [-0.4, -0.2) is 35.7 Å². The molecule has 1 aromatic carbocycles. The fraction of sp³-hybridized carbons (Fsp3) is 0.500. The number of carbonyl (C=O) groups excluding carboxylic acids is 1. The van der Waals surface area contributed by atoms with Crippen LogP contribution in [0.15, 0.2) is 24.3 Å². The number of carboxylic acids is 1. The zero-order valence-electron chi connectivity index (χ0n) is 13.0. The van der Waals surface area contributed by atoms with Crippen LogP contribution in [0.4, 0.5) is 13.2 Å². The summed E-state index contributed by atoms with van der Waals surface area (Å²) in [4.78, 5) is 23.6. The van der Waals surface area contributed by atoms with E-state index in [2.05, 4.69) is 5.32 Å². The maximum absolute atomic E-state index is 12.5. The van der Waals surface area contributed by atoms with Crippen molar-refractivity contribution in [1.29, 1.82) is 0 Å². The summed E-state index contributed by atoms with van der Waals surface area (Å²) in [5.74, 6) is -2.21. The van der Waals surface area contributed by atoms with E-state index in [0.717, 1.165) is 12.1 Å². The summed E-state index contributed by atoms with van der Waals surface area (Å²) < 4.78 is 42.6. The Balaban J connectivity index is 2.00. The summed E-state index contributed by atoms with van der Waals surface area (Å²) in [6, 6.07) is 4.56. The van der Waals surface area contributed by atoms with Gasteiger partial charge in [-0.15, -0.1) is 0 Å². The minimum Gasteiger partial charge on any atom is -0.479 e. The van der Waals surface area contributed by atoms with Gasteiger partial charge in [-0.1, -0.05) is 19.1 Å². The second kappa shape index (κ2) is 6.80. The molecule has 0 saturated carbocycles. The number of rotatable bonds is 5. The Kier molecular flexibility index (Phi) is 5.17. The largest absolute Gasteiger partial charge is 0.479 e. The molecule has 2 unspecified atom stereocenters. The molecule has 1 fully saturated rings. The molecule has 1 aliphatic heterocycles. The second-order valence-electron chi connectivity index (χ2n) is 5.98. The molecule has 0 aromatic heterocycles. The van der Waals surface area contributed by atoms with E-state index in [4.69, 9.17) is 4.74 Å². The van der Waals surface area contributed by atoms with Gasteiger partial charge in [-0.25, -0.2) is 4.79 Å². The molecule has 1 aromatic rings. The second-order valence-corrected chi connectivity index (χ2v) is 5.98. The van der Waals surface area contributed by atoms with Crippen molar-refractivity contribution in [2.45, 2.75) is 31.5 Å². The van der Waals surface area contributed by atoms with Crippen molar-refractivity contribution in [3.05, 3.63) is 35.4 Å². The Hall–Kier alpha value is -2.09. The van der Waals surface area contributed by atoms with Gasteiger partial charge in [-0.05, 0) is 24.1 Å². The lowest BCUT2D eigenvalue weighted by molar-refractivity contribution is -0.148. The van der Waals surface area contributed by atoms with Crippen LogP contribution in [0, 0.1) is 5.92 Å². The number of amides is 1. The third kappa shape index (κ3) is 4.05. The maximum Gasteiger partial charge on any atom is 0.416 e. The third-order valence-corrected chi connectivity index (χ3v) is 4.06. The van der Waals surface area contributed by atoms with E-state index >= 15 is 0 Å². The van der Waals surface area contributed by atoms with Crippen LogP contribution >= 0.6 is 0 Å². The summed E-state index contributed by atoms with van der Waals surface area (Å²) >= 11 is 0. The van der Waals surface area contributed by atoms with Gasteiger partial charge in [-0.2, -0.15) is 13.2 Å². The van der Waals surface area contributed by atoms with Crippen molar-refractivity contribution in [2.75, 3.05) is 13.2 Å². The van der Waals surface area contributed by atoms with E-state index in [1.807, 2.05) is 0 Å². The van der Waals surface area contributed by atoms with Crippen molar-refractivity contribution >= 4 is 11.9 Å². The third-order valence-electron chi connectivity index (χ3n) is 4.06. The lowest BCUT2D eigenvalue weighted by Gasteiger charge is -2.25. The molecule has 5 nitrogen and oxygen atoms in total. The van der Waals surface area contributed by atoms with Gasteiger partial charge >= 0.3 is 12.1 Å². The SMILES string of the molecule is CC(Cc1ccc(C(F)(F)F)cc1)C(=O)NC1(C(=O)O)CCOC1. The molecule has 8 heteroatoms. The van der Waals surface area contributed by atoms with Gasteiger partial charge in [0.05, 0.1) is 12.2 Å². The fourth-order valence-electron chi connectivity index (χ4n) is 2.52. The van der Waals surface area contributed by atoms with Crippen LogP contribution in [-0.2, 0) is 26.9 Å². The molecule has 1 heterocycles. The highest BCUT2D eigenvalue weighted by molar-refractivity contribution is 5.88. The normalized spacial score (nSPS) is 22.2. The lowest BCUT2D eigenvalue weighted by atomic mass is 9.95. The van der Waals surface area contributed by atoms with E-state index in [1.54, 1.807) is 6.92 Å². The van der Waals surface area contributed by atoms with E-state index in [-0.39, 0.29) is 26.1 Å². The van der Waals surface area contributed by atoms with Crippen molar-refractivity contribution < 1.29 is 32.6 Å². The number of alkyl halides is 3. The molecular weight excluding hydrogens is 327 g/mol. The van der Waals surface area contributed by atoms with E-state index in [0.29, 0.717) is 5.56 Å². The Bertz CT molecular complexity index is 607. The molecule has 1 saturated heterocycles. The molecule has 132 valence electrons. The number of halogens is 3. The van der Waals surface area contributed by atoms with Crippen molar-refractivity contribution in [1.82, 2.24) is 5.32 Å². The number of hydrogen-bond acceptors (Lipinski definition) is 3. The van der Waals surface area contributed by atoms with Gasteiger partial charge in [0, 0.05) is 18.9 Å². The average Bonchev–Trinajstić information content (AvgIpc) is 2.96. The number of carbonyl (C=O) groups is 2. The Morgan fingerprint density at radius 3 is 2.42 bits per heavy atom. The van der Waals surface area contributed by atoms with E-state index < -0.39 is 35.1 Å². The monoisotopic (exact) mass is 345 g/mol. The highest BCUT2D eigenvalue weighted by atomic mass is 19.4. The molecular formula is C16H18F3NO4. The first-order chi connectivity index (χ1) is 11.1. The molecule has 0 aliphatic carbocycles. The first-order valence-corrected chi connectivity index (χ1v) is 7.43. The topological polar surface area (TPSA) is 75.6 Å². The van der Waals surface area contributed by atoms with Crippen LogP contribution in [0.3, 0.4) is 0 Å². The smallest absolute Gasteiger partial charge is 0.416 e. The summed E-state index contributed by atoms with van der Waals surface area (Å²) in [6.45, 7) is 1.75. The number of hydrogen-bond donors (Lipinski definition) is 2. The van der Waals surface area contributed by atoms with Crippen LogP contribution in [0.5, 0.6) is 0 Å². The first kappa shape index (κ1) is 18.3. The van der Waals surface area contributed by atoms with Crippen molar-refractivity contribution in [3.63, 3.8) is 0 Å². The zero-order chi connectivity index (χ0) is 18.0. The quantitative estimate of drug-likeness (QED) is 0.858. The molecule has 1 amide bonds. The highest BCUT2D eigenvalue weighted by Gasteiger charge is 2.44. The summed E-state index contributed by atoms with van der Waals surface area (Å²) in [5, 5.41) is 11.8. The number of benzene rings is 1. The van der Waals surface area contributed by atoms with Gasteiger partial charge in [0.1, 0.15) is 0 Å². The number of ether oxygens (including phenoxy) is 1. The molecule has 0 bridgehead atoms. The molecule has 1 aliphatic rings. The van der Waals surface area contributed by atoms with Crippen LogP contribution in [0.25, 0.3) is 0 Å². The van der Waals surface area contributed by atoms with Gasteiger partial charge in [0.2, 0.25) is 5.91 Å². The van der Waals surface area contributed by atoms with Gasteiger partial charge in [0.15, 0.2) is 5.54 Å². The molecule has 2 rings (SSSR count). The molecule has 2 N–H and O–H groups in total. The summed E-state index contributed by atoms with van der Waals surface area (Å²) in [7, 11) is 0. The van der Waals surface area contributed by atoms with Gasteiger partial charge in [0.25, 0.3) is 0 Å². The summed E-state index contributed by atoms with van der Waals surface area (Å²) in [5.41, 5.74) is -1.61. The van der Waals surface area contributed by atoms with E-state index in [9.17, 15) is 27.9 Å². The van der Waals surface area contributed by atoms with Crippen LogP contribution < -0.4 is 5.32 Å². The number of carboxylic acid groups (broad SMARTS) is 1. The van der Waals surface area contributed by atoms with Crippen LogP contribution in [0.1, 0.15) is 24.5 Å². The van der Waals surface area contributed by atoms with E-state index in [1.165, 1.54) is 12.1 Å². The molecule has 0 radical (unpaired) electrons. The number of nitrogens with one attached hydrogen (secondary N) is 1. The van der Waals surface area contributed by atoms with Gasteiger partial charge in [-0.3, -0.25) is 4.79 Å². The first-order valence-electron chi connectivity index (χ1n) is 7.43. The summed E-state index contributed by atoms with van der Waals surface area (Å²) in [6.07, 6.45) is -4.01. The minimum atomic E-state index is -4.40. The predicted octanol–water partition coefficient (Wildman–Crippen LogP) is 2.24. The Morgan fingerprint density at radius 1 is 1.33 bits per heavy atom. The minimum absolute atomic E-state index is 0.0962. The van der Waals surface area contributed by atoms with Crippen LogP contribution in [0.2, 0.25) is 0 Å². The van der Waals surface area contributed by atoms with Crippen molar-refractivity contribution in [3.8, 4) is 0 Å². The molecule has 2 atom stereocenters. The van der Waals surface area contributed by atoms with Crippen molar-refractivity contribution in [2.24, 2.45) is 5.92 Å². The van der Waals surface area contributed by atoms with Gasteiger partial charge < -0.3 is 15.2 Å². The lowest BCUT2D eigenvalue weighted by Crippen LogP contribution is -2.56. The number of aliphatic carboxylic acids is 1. The Labute approximate surface area is 136 Å². The standard InChI is InChI=1S/C16H18F3NO4/c1-10(8-11-2-4-12(5-3-11)16(17,18)19)13(21)20-15(14(22)23)6-7-24-9-15/h2-5,10H,6-9H2,1H3,(H,20,21)(H,22,23).